The Balaban J connectivity index is 1.73. The number of sulfonamides is 1. The highest BCUT2D eigenvalue weighted by Gasteiger charge is 2.30. The number of alkyl halides is 3. The molecule has 1 aliphatic heterocycles. The Kier molecular flexibility index (Phi) is 6.00. The lowest BCUT2D eigenvalue weighted by Crippen LogP contribution is -2.35. The highest BCUT2D eigenvalue weighted by molar-refractivity contribution is 7.89. The van der Waals surface area contributed by atoms with Crippen molar-refractivity contribution in [1.82, 2.24) is 4.72 Å². The van der Waals surface area contributed by atoms with E-state index in [4.69, 9.17) is 0 Å². The fraction of sp³-hybridized carbons (Fsp3) is 0.350. The van der Waals surface area contributed by atoms with Crippen molar-refractivity contribution in [2.45, 2.75) is 43.8 Å². The predicted molar refractivity (Wildman–Crippen MR) is 103 cm³/mol. The number of hydrogen-bond acceptors (Lipinski definition) is 3. The Morgan fingerprint density at radius 1 is 1.07 bits per heavy atom. The Morgan fingerprint density at radius 2 is 1.76 bits per heavy atom. The van der Waals surface area contributed by atoms with Gasteiger partial charge < -0.3 is 4.90 Å². The molecule has 0 aromatic heterocycles. The highest BCUT2D eigenvalue weighted by Crippen LogP contribution is 2.30. The molecule has 9 heteroatoms. The van der Waals surface area contributed by atoms with Crippen LogP contribution in [0, 0.1) is 0 Å². The highest BCUT2D eigenvalue weighted by atomic mass is 32.2. The number of anilines is 1. The maximum Gasteiger partial charge on any atom is 0.416 e. The molecule has 0 bridgehead atoms. The molecule has 1 N–H and O–H groups in total. The van der Waals surface area contributed by atoms with Crippen molar-refractivity contribution in [1.29, 1.82) is 0 Å². The summed E-state index contributed by atoms with van der Waals surface area (Å²) in [6, 6.07) is 8.77. The summed E-state index contributed by atoms with van der Waals surface area (Å²) in [5, 5.41) is 0. The number of hydrogen-bond donors (Lipinski definition) is 1. The second-order valence-corrected chi connectivity index (χ2v) is 8.62. The van der Waals surface area contributed by atoms with Gasteiger partial charge in [-0.2, -0.15) is 13.2 Å². The summed E-state index contributed by atoms with van der Waals surface area (Å²) >= 11 is 0. The van der Waals surface area contributed by atoms with Gasteiger partial charge >= 0.3 is 6.18 Å². The second-order valence-electron chi connectivity index (χ2n) is 6.86. The van der Waals surface area contributed by atoms with E-state index in [2.05, 4.69) is 4.72 Å². The van der Waals surface area contributed by atoms with Crippen molar-refractivity contribution < 1.29 is 26.4 Å². The number of amides is 1. The van der Waals surface area contributed by atoms with Crippen LogP contribution >= 0.6 is 0 Å². The molecular formula is C20H21F3N2O3S. The first kappa shape index (κ1) is 21.3. The summed E-state index contributed by atoms with van der Waals surface area (Å²) in [6.45, 7) is 2.62. The predicted octanol–water partition coefficient (Wildman–Crippen LogP) is 3.87. The van der Waals surface area contributed by atoms with Crippen LogP contribution < -0.4 is 9.62 Å². The van der Waals surface area contributed by atoms with Gasteiger partial charge in [0.15, 0.2) is 0 Å². The van der Waals surface area contributed by atoms with E-state index in [-0.39, 0.29) is 17.3 Å². The third-order valence-electron chi connectivity index (χ3n) is 4.75. The molecule has 0 aliphatic carbocycles. The number of fused-ring (bicyclic) bond motifs is 1. The van der Waals surface area contributed by atoms with Crippen LogP contribution in [0.2, 0.25) is 0 Å². The van der Waals surface area contributed by atoms with E-state index >= 15 is 0 Å². The average molecular weight is 426 g/mol. The van der Waals surface area contributed by atoms with Gasteiger partial charge in [0.1, 0.15) is 0 Å². The fourth-order valence-electron chi connectivity index (χ4n) is 3.28. The third-order valence-corrected chi connectivity index (χ3v) is 6.17. The molecule has 29 heavy (non-hydrogen) atoms. The standard InChI is InChI=1S/C20H21F3N2O3S/c1-2-11-25-18-9-3-14(12-15(18)4-10-19(25)26)13-24-29(27,28)17-7-5-16(6-8-17)20(21,22)23/h3,5-9,12,24H,2,4,10-11,13H2,1H3. The quantitative estimate of drug-likeness (QED) is 0.763. The molecule has 0 unspecified atom stereocenters. The van der Waals surface area contributed by atoms with Gasteiger partial charge in [0.05, 0.1) is 10.5 Å². The topological polar surface area (TPSA) is 66.5 Å². The summed E-state index contributed by atoms with van der Waals surface area (Å²) in [6.07, 6.45) is -2.69. The summed E-state index contributed by atoms with van der Waals surface area (Å²) in [4.78, 5) is 13.6. The Labute approximate surface area is 167 Å². The van der Waals surface area contributed by atoms with Gasteiger partial charge in [0, 0.05) is 25.2 Å². The number of aryl methyl sites for hydroxylation is 1. The molecule has 0 saturated carbocycles. The van der Waals surface area contributed by atoms with Crippen molar-refractivity contribution in [3.8, 4) is 0 Å². The van der Waals surface area contributed by atoms with Crippen LogP contribution in [-0.2, 0) is 34.0 Å². The molecule has 0 fully saturated rings. The number of benzene rings is 2. The van der Waals surface area contributed by atoms with Crippen molar-refractivity contribution in [3.05, 3.63) is 59.2 Å². The molecule has 2 aromatic carbocycles. The van der Waals surface area contributed by atoms with E-state index in [1.807, 2.05) is 19.1 Å². The molecule has 1 amide bonds. The normalized spacial score (nSPS) is 14.8. The SMILES string of the molecule is CCCN1C(=O)CCc2cc(CNS(=O)(=O)c3ccc(C(F)(F)F)cc3)ccc21. The van der Waals surface area contributed by atoms with Crippen LogP contribution in [0.4, 0.5) is 18.9 Å². The Bertz CT molecular complexity index is 1000. The van der Waals surface area contributed by atoms with E-state index in [1.165, 1.54) is 0 Å². The van der Waals surface area contributed by atoms with Gasteiger partial charge in [-0.3, -0.25) is 4.79 Å². The fourth-order valence-corrected chi connectivity index (χ4v) is 4.29. The maximum atomic E-state index is 12.6. The van der Waals surface area contributed by atoms with Crippen molar-refractivity contribution in [2.24, 2.45) is 0 Å². The van der Waals surface area contributed by atoms with Crippen LogP contribution in [0.25, 0.3) is 0 Å². The van der Waals surface area contributed by atoms with Gasteiger partial charge in [0.2, 0.25) is 15.9 Å². The van der Waals surface area contributed by atoms with Gasteiger partial charge in [-0.15, -0.1) is 0 Å². The molecule has 156 valence electrons. The molecule has 0 spiro atoms. The van der Waals surface area contributed by atoms with Gasteiger partial charge in [-0.1, -0.05) is 19.1 Å². The Hall–Kier alpha value is -2.39. The van der Waals surface area contributed by atoms with E-state index in [1.54, 1.807) is 11.0 Å². The van der Waals surface area contributed by atoms with Crippen molar-refractivity contribution in [2.75, 3.05) is 11.4 Å². The largest absolute Gasteiger partial charge is 0.416 e. The van der Waals surface area contributed by atoms with E-state index < -0.39 is 21.8 Å². The van der Waals surface area contributed by atoms with Gasteiger partial charge in [-0.25, -0.2) is 13.1 Å². The number of carbonyl (C=O) groups is 1. The summed E-state index contributed by atoms with van der Waals surface area (Å²) in [7, 11) is -3.95. The zero-order chi connectivity index (χ0) is 21.2. The monoisotopic (exact) mass is 426 g/mol. The molecule has 1 heterocycles. The molecule has 0 atom stereocenters. The van der Waals surface area contributed by atoms with Crippen LogP contribution in [0.1, 0.15) is 36.5 Å². The first-order chi connectivity index (χ1) is 13.6. The number of nitrogens with one attached hydrogen (secondary N) is 1. The number of carbonyl (C=O) groups excluding carboxylic acids is 1. The number of nitrogens with zero attached hydrogens (tertiary/aromatic N) is 1. The van der Waals surface area contributed by atoms with Crippen LogP contribution in [0.5, 0.6) is 0 Å². The molecule has 1 aliphatic rings. The van der Waals surface area contributed by atoms with Crippen LogP contribution in [0.15, 0.2) is 47.4 Å². The number of rotatable bonds is 6. The smallest absolute Gasteiger partial charge is 0.312 e. The van der Waals surface area contributed by atoms with E-state index in [0.717, 1.165) is 41.9 Å². The Morgan fingerprint density at radius 3 is 2.38 bits per heavy atom. The lowest BCUT2D eigenvalue weighted by molar-refractivity contribution is -0.137. The van der Waals surface area contributed by atoms with Crippen molar-refractivity contribution in [3.63, 3.8) is 0 Å². The average Bonchev–Trinajstić information content (AvgIpc) is 2.68. The molecule has 0 saturated heterocycles. The van der Waals surface area contributed by atoms with Crippen LogP contribution in [0.3, 0.4) is 0 Å². The van der Waals surface area contributed by atoms with E-state index in [9.17, 15) is 26.4 Å². The molecule has 5 nitrogen and oxygen atoms in total. The maximum absolute atomic E-state index is 12.6. The summed E-state index contributed by atoms with van der Waals surface area (Å²) in [5.74, 6) is 0.0788. The molecule has 2 aromatic rings. The zero-order valence-corrected chi connectivity index (χ0v) is 16.6. The van der Waals surface area contributed by atoms with E-state index in [0.29, 0.717) is 24.9 Å². The minimum absolute atomic E-state index is 0.00163. The molecule has 3 rings (SSSR count). The first-order valence-corrected chi connectivity index (χ1v) is 10.7. The van der Waals surface area contributed by atoms with Crippen LogP contribution in [-0.4, -0.2) is 20.9 Å². The van der Waals surface area contributed by atoms with Crippen molar-refractivity contribution >= 4 is 21.6 Å². The van der Waals surface area contributed by atoms with Gasteiger partial charge in [-0.05, 0) is 54.3 Å². The summed E-state index contributed by atoms with van der Waals surface area (Å²) < 4.78 is 65.1. The lowest BCUT2D eigenvalue weighted by Gasteiger charge is -2.29. The second kappa shape index (κ2) is 8.16. The minimum atomic E-state index is -4.52. The number of halogens is 3. The zero-order valence-electron chi connectivity index (χ0n) is 15.8. The summed E-state index contributed by atoms with van der Waals surface area (Å²) in [5.41, 5.74) is 1.63. The minimum Gasteiger partial charge on any atom is -0.312 e. The van der Waals surface area contributed by atoms with Gasteiger partial charge in [0.25, 0.3) is 0 Å². The molecule has 0 radical (unpaired) electrons. The third kappa shape index (κ3) is 4.79. The molecular weight excluding hydrogens is 405 g/mol. The first-order valence-electron chi connectivity index (χ1n) is 9.21. The lowest BCUT2D eigenvalue weighted by atomic mass is 9.98.